The molecule has 0 saturated heterocycles. The molecule has 9 nitrogen and oxygen atoms in total. The van der Waals surface area contributed by atoms with Crippen molar-refractivity contribution < 1.29 is 23.8 Å². The highest BCUT2D eigenvalue weighted by molar-refractivity contribution is 6.10. The van der Waals surface area contributed by atoms with Crippen molar-refractivity contribution in [3.63, 3.8) is 0 Å². The van der Waals surface area contributed by atoms with Crippen LogP contribution in [-0.2, 0) is 27.2 Å². The summed E-state index contributed by atoms with van der Waals surface area (Å²) in [4.78, 5) is 29.4. The summed E-state index contributed by atoms with van der Waals surface area (Å²) < 4.78 is 17.2. The van der Waals surface area contributed by atoms with Crippen molar-refractivity contribution in [2.75, 3.05) is 38.6 Å². The maximum atomic E-state index is 12.8. The van der Waals surface area contributed by atoms with Crippen LogP contribution in [0.3, 0.4) is 0 Å². The first-order chi connectivity index (χ1) is 15.9. The number of amides is 1. The molecule has 1 unspecified atom stereocenters. The fourth-order valence-electron chi connectivity index (χ4n) is 3.74. The van der Waals surface area contributed by atoms with Crippen molar-refractivity contribution in [1.29, 1.82) is 0 Å². The van der Waals surface area contributed by atoms with Crippen LogP contribution in [-0.4, -0.2) is 55.4 Å². The normalized spacial score (nSPS) is 11.8. The summed E-state index contributed by atoms with van der Waals surface area (Å²) in [6.07, 6.45) is 2.35. The number of carbonyl (C=O) groups excluding carboxylic acids is 2. The van der Waals surface area contributed by atoms with E-state index >= 15 is 0 Å². The van der Waals surface area contributed by atoms with Crippen LogP contribution in [0.25, 0.3) is 11.0 Å². The van der Waals surface area contributed by atoms with Crippen molar-refractivity contribution in [2.24, 2.45) is 0 Å². The van der Waals surface area contributed by atoms with Gasteiger partial charge < -0.3 is 29.4 Å². The third kappa shape index (κ3) is 5.61. The number of anilines is 2. The van der Waals surface area contributed by atoms with Crippen LogP contribution in [0, 0.1) is 0 Å². The third-order valence-corrected chi connectivity index (χ3v) is 5.19. The van der Waals surface area contributed by atoms with E-state index in [1.165, 1.54) is 14.0 Å². The Bertz CT molecular complexity index is 1120. The maximum absolute atomic E-state index is 12.8. The van der Waals surface area contributed by atoms with Gasteiger partial charge in [0.2, 0.25) is 5.91 Å². The lowest BCUT2D eigenvalue weighted by Crippen LogP contribution is -2.20. The first-order valence-electron chi connectivity index (χ1n) is 10.6. The number of benzene rings is 1. The van der Waals surface area contributed by atoms with Crippen LogP contribution >= 0.6 is 0 Å². The molecule has 1 atom stereocenters. The Morgan fingerprint density at radius 2 is 1.88 bits per heavy atom. The standard InChI is InChI=1S/C24H30N4O5/c1-15(14-31-3)26-18-12-20-21(27-16(2)29)22(24(30)33-5)28(23(20)25-13-18)11-10-17-6-8-19(32-4)9-7-17/h6-9,12-13,15,26H,10-11,14H2,1-5H3,(H,27,29). The number of esters is 1. The monoisotopic (exact) mass is 454 g/mol. The van der Waals surface area contributed by atoms with Gasteiger partial charge >= 0.3 is 5.97 Å². The maximum Gasteiger partial charge on any atom is 0.356 e. The van der Waals surface area contributed by atoms with Gasteiger partial charge in [-0.2, -0.15) is 0 Å². The van der Waals surface area contributed by atoms with Crippen LogP contribution in [0.5, 0.6) is 5.75 Å². The molecule has 176 valence electrons. The van der Waals surface area contributed by atoms with Crippen LogP contribution in [0.2, 0.25) is 0 Å². The van der Waals surface area contributed by atoms with Gasteiger partial charge in [0.15, 0.2) is 5.69 Å². The second-order valence-corrected chi connectivity index (χ2v) is 7.74. The molecule has 0 fully saturated rings. The molecule has 0 spiro atoms. The lowest BCUT2D eigenvalue weighted by Gasteiger charge is -2.14. The molecule has 0 saturated carbocycles. The molecule has 2 aromatic heterocycles. The van der Waals surface area contributed by atoms with Gasteiger partial charge in [-0.05, 0) is 37.1 Å². The van der Waals surface area contributed by atoms with Crippen LogP contribution in [0.15, 0.2) is 36.5 Å². The number of aryl methyl sites for hydroxylation is 2. The number of fused-ring (bicyclic) bond motifs is 1. The first-order valence-corrected chi connectivity index (χ1v) is 10.6. The summed E-state index contributed by atoms with van der Waals surface area (Å²) in [5.74, 6) is -0.0630. The third-order valence-electron chi connectivity index (χ3n) is 5.19. The van der Waals surface area contributed by atoms with Gasteiger partial charge in [0.1, 0.15) is 11.4 Å². The molecule has 0 aliphatic rings. The van der Waals surface area contributed by atoms with E-state index in [9.17, 15) is 9.59 Å². The van der Waals surface area contributed by atoms with Gasteiger partial charge in [-0.15, -0.1) is 0 Å². The van der Waals surface area contributed by atoms with E-state index in [2.05, 4.69) is 15.6 Å². The summed E-state index contributed by atoms with van der Waals surface area (Å²) in [6.45, 7) is 4.37. The van der Waals surface area contributed by atoms with E-state index in [1.807, 2.05) is 37.3 Å². The predicted molar refractivity (Wildman–Crippen MR) is 127 cm³/mol. The number of aromatic nitrogens is 2. The summed E-state index contributed by atoms with van der Waals surface area (Å²) in [7, 11) is 4.58. The number of rotatable bonds is 10. The molecular weight excluding hydrogens is 424 g/mol. The van der Waals surface area contributed by atoms with Crippen LogP contribution in [0.1, 0.15) is 29.9 Å². The van der Waals surface area contributed by atoms with Crippen molar-refractivity contribution in [3.05, 3.63) is 47.8 Å². The first kappa shape index (κ1) is 24.1. The average Bonchev–Trinajstić information content (AvgIpc) is 3.09. The van der Waals surface area contributed by atoms with Gasteiger partial charge in [0, 0.05) is 32.0 Å². The Morgan fingerprint density at radius 1 is 1.15 bits per heavy atom. The van der Waals surface area contributed by atoms with E-state index in [1.54, 1.807) is 25.0 Å². The fraction of sp³-hybridized carbons (Fsp3) is 0.375. The summed E-state index contributed by atoms with van der Waals surface area (Å²) in [5.41, 5.74) is 3.04. The zero-order valence-corrected chi connectivity index (χ0v) is 19.6. The lowest BCUT2D eigenvalue weighted by atomic mass is 10.1. The molecule has 33 heavy (non-hydrogen) atoms. The predicted octanol–water partition coefficient (Wildman–Crippen LogP) is 3.48. The molecular formula is C24H30N4O5. The van der Waals surface area contributed by atoms with E-state index in [0.717, 1.165) is 17.0 Å². The second kappa shape index (κ2) is 10.8. The largest absolute Gasteiger partial charge is 0.497 e. The minimum Gasteiger partial charge on any atom is -0.497 e. The van der Waals surface area contributed by atoms with Gasteiger partial charge in [-0.1, -0.05) is 12.1 Å². The Labute approximate surface area is 193 Å². The summed E-state index contributed by atoms with van der Waals surface area (Å²) in [6, 6.07) is 9.66. The molecule has 3 rings (SSSR count). The lowest BCUT2D eigenvalue weighted by molar-refractivity contribution is -0.114. The van der Waals surface area contributed by atoms with Crippen LogP contribution in [0.4, 0.5) is 11.4 Å². The second-order valence-electron chi connectivity index (χ2n) is 7.74. The minimum atomic E-state index is -0.547. The average molecular weight is 455 g/mol. The van der Waals surface area contributed by atoms with Crippen LogP contribution < -0.4 is 15.4 Å². The molecule has 3 aromatic rings. The topological polar surface area (TPSA) is 104 Å². The summed E-state index contributed by atoms with van der Waals surface area (Å²) >= 11 is 0. The van der Waals surface area contributed by atoms with Gasteiger partial charge in [0.05, 0.1) is 38.4 Å². The van der Waals surface area contributed by atoms with Crippen molar-refractivity contribution >= 4 is 34.3 Å². The van der Waals surface area contributed by atoms with Gasteiger partial charge in [0.25, 0.3) is 0 Å². The molecule has 2 heterocycles. The minimum absolute atomic E-state index is 0.0516. The number of pyridine rings is 1. The van der Waals surface area contributed by atoms with E-state index < -0.39 is 5.97 Å². The molecule has 0 aliphatic heterocycles. The Kier molecular flexibility index (Phi) is 7.89. The highest BCUT2D eigenvalue weighted by atomic mass is 16.5. The number of nitrogens with one attached hydrogen (secondary N) is 2. The zero-order chi connectivity index (χ0) is 24.0. The van der Waals surface area contributed by atoms with Gasteiger partial charge in [-0.25, -0.2) is 9.78 Å². The number of methoxy groups -OCH3 is 3. The Morgan fingerprint density at radius 3 is 2.48 bits per heavy atom. The number of hydrogen-bond acceptors (Lipinski definition) is 7. The van der Waals surface area contributed by atoms with E-state index in [-0.39, 0.29) is 17.6 Å². The highest BCUT2D eigenvalue weighted by Crippen LogP contribution is 2.33. The van der Waals surface area contributed by atoms with Crippen molar-refractivity contribution in [2.45, 2.75) is 32.9 Å². The number of nitrogens with zero attached hydrogens (tertiary/aromatic N) is 2. The number of ether oxygens (including phenoxy) is 3. The van der Waals surface area contributed by atoms with Crippen molar-refractivity contribution in [3.8, 4) is 5.75 Å². The molecule has 9 heteroatoms. The SMILES string of the molecule is COCC(C)Nc1cnc2c(c1)c(NC(C)=O)c(C(=O)OC)n2CCc1ccc(OC)cc1. The Balaban J connectivity index is 2.06. The molecule has 1 aromatic carbocycles. The molecule has 0 aliphatic carbocycles. The summed E-state index contributed by atoms with van der Waals surface area (Å²) in [5, 5.41) is 6.77. The van der Waals surface area contributed by atoms with E-state index in [0.29, 0.717) is 36.3 Å². The Hall–Kier alpha value is -3.59. The fourth-order valence-corrected chi connectivity index (χ4v) is 3.74. The molecule has 1 amide bonds. The molecule has 0 radical (unpaired) electrons. The van der Waals surface area contributed by atoms with Crippen molar-refractivity contribution in [1.82, 2.24) is 9.55 Å². The van der Waals surface area contributed by atoms with Gasteiger partial charge in [-0.3, -0.25) is 4.79 Å². The van der Waals surface area contributed by atoms with E-state index in [4.69, 9.17) is 14.2 Å². The number of carbonyl (C=O) groups is 2. The quantitative estimate of drug-likeness (QED) is 0.452. The zero-order valence-electron chi connectivity index (χ0n) is 19.6. The highest BCUT2D eigenvalue weighted by Gasteiger charge is 2.25. The number of hydrogen-bond donors (Lipinski definition) is 2. The smallest absolute Gasteiger partial charge is 0.356 e. The molecule has 2 N–H and O–H groups in total. The molecule has 0 bridgehead atoms.